The number of hydrazine groups is 2. The number of nitrogen functional groups attached to an aromatic ring is 2. The van der Waals surface area contributed by atoms with Crippen molar-refractivity contribution in [1.82, 2.24) is 10.9 Å². The molecule has 0 aliphatic carbocycles. The van der Waals surface area contributed by atoms with Crippen molar-refractivity contribution in [2.45, 2.75) is 6.10 Å². The number of nitrogens with two attached hydrogens (primary N) is 2. The lowest BCUT2D eigenvalue weighted by Crippen LogP contribution is -2.30. The third-order valence-corrected chi connectivity index (χ3v) is 3.79. The monoisotopic (exact) mass is 358 g/mol. The molecule has 0 fully saturated rings. The number of rotatable bonds is 8. The molecule has 0 bridgehead atoms. The Morgan fingerprint density at radius 2 is 1.27 bits per heavy atom. The standard InChI is InChI=1S/C18H22N4O4/c1-25-10-11-26-16(12-2-6-14(7-3-12)17(23)21-19)13-4-8-15(9-5-13)18(24)22-20/h2-9,16H,10-11,19-20H2,1H3,(H,21,23)(H,22,24). The molecule has 0 aromatic heterocycles. The first kappa shape index (κ1) is 19.5. The molecule has 0 radical (unpaired) electrons. The van der Waals surface area contributed by atoms with Gasteiger partial charge in [0.2, 0.25) is 0 Å². The molecule has 2 aromatic rings. The maximum absolute atomic E-state index is 11.6. The molecule has 0 saturated carbocycles. The van der Waals surface area contributed by atoms with Gasteiger partial charge >= 0.3 is 0 Å². The van der Waals surface area contributed by atoms with Gasteiger partial charge in [-0.2, -0.15) is 0 Å². The molecule has 8 nitrogen and oxygen atoms in total. The number of methoxy groups -OCH3 is 1. The van der Waals surface area contributed by atoms with Gasteiger partial charge in [-0.1, -0.05) is 24.3 Å². The Labute approximate surface area is 151 Å². The van der Waals surface area contributed by atoms with Crippen LogP contribution >= 0.6 is 0 Å². The minimum absolute atomic E-state index is 0.370. The summed E-state index contributed by atoms with van der Waals surface area (Å²) in [5.41, 5.74) is 6.78. The second-order valence-electron chi connectivity index (χ2n) is 5.43. The van der Waals surface area contributed by atoms with Gasteiger partial charge in [-0.15, -0.1) is 0 Å². The third-order valence-electron chi connectivity index (χ3n) is 3.79. The first-order valence-corrected chi connectivity index (χ1v) is 7.93. The summed E-state index contributed by atoms with van der Waals surface area (Å²) in [5, 5.41) is 0. The second-order valence-corrected chi connectivity index (χ2v) is 5.43. The third kappa shape index (κ3) is 4.87. The van der Waals surface area contributed by atoms with Crippen molar-refractivity contribution in [1.29, 1.82) is 0 Å². The minimum Gasteiger partial charge on any atom is -0.382 e. The van der Waals surface area contributed by atoms with E-state index < -0.39 is 0 Å². The van der Waals surface area contributed by atoms with E-state index in [2.05, 4.69) is 10.9 Å². The van der Waals surface area contributed by atoms with Crippen LogP contribution in [0.25, 0.3) is 0 Å². The van der Waals surface area contributed by atoms with Gasteiger partial charge in [0.15, 0.2) is 0 Å². The molecule has 8 heteroatoms. The predicted molar refractivity (Wildman–Crippen MR) is 95.9 cm³/mol. The highest BCUT2D eigenvalue weighted by Crippen LogP contribution is 2.26. The zero-order valence-electron chi connectivity index (χ0n) is 14.4. The molecule has 0 aliphatic heterocycles. The SMILES string of the molecule is COCCOC(c1ccc(C(=O)NN)cc1)c1ccc(C(=O)NN)cc1. The van der Waals surface area contributed by atoms with E-state index in [1.54, 1.807) is 55.6 Å². The molecule has 6 N–H and O–H groups in total. The number of hydrogen-bond acceptors (Lipinski definition) is 6. The maximum atomic E-state index is 11.6. The highest BCUT2D eigenvalue weighted by Gasteiger charge is 2.16. The molecule has 0 heterocycles. The van der Waals surface area contributed by atoms with Crippen LogP contribution in [0.2, 0.25) is 0 Å². The lowest BCUT2D eigenvalue weighted by atomic mass is 9.99. The van der Waals surface area contributed by atoms with E-state index >= 15 is 0 Å². The second kappa shape index (κ2) is 9.64. The fourth-order valence-corrected chi connectivity index (χ4v) is 2.42. The number of carbonyl (C=O) groups excluding carboxylic acids is 2. The van der Waals surface area contributed by atoms with Crippen LogP contribution < -0.4 is 22.5 Å². The molecule has 2 rings (SSSR count). The molecule has 0 saturated heterocycles. The Morgan fingerprint density at radius 1 is 0.846 bits per heavy atom. The average molecular weight is 358 g/mol. The van der Waals surface area contributed by atoms with Crippen LogP contribution in [0.4, 0.5) is 0 Å². The molecule has 0 spiro atoms. The summed E-state index contributed by atoms with van der Waals surface area (Å²) in [7, 11) is 1.60. The zero-order valence-corrected chi connectivity index (χ0v) is 14.4. The van der Waals surface area contributed by atoms with E-state index in [1.165, 1.54) is 0 Å². The highest BCUT2D eigenvalue weighted by molar-refractivity contribution is 5.94. The molecule has 0 aliphatic rings. The smallest absolute Gasteiger partial charge is 0.265 e. The quantitative estimate of drug-likeness (QED) is 0.237. The zero-order chi connectivity index (χ0) is 18.9. The van der Waals surface area contributed by atoms with Crippen LogP contribution in [0, 0.1) is 0 Å². The lowest BCUT2D eigenvalue weighted by Gasteiger charge is -2.19. The van der Waals surface area contributed by atoms with Crippen molar-refractivity contribution in [2.24, 2.45) is 11.7 Å². The van der Waals surface area contributed by atoms with Gasteiger partial charge in [0.05, 0.1) is 13.2 Å². The van der Waals surface area contributed by atoms with Crippen molar-refractivity contribution in [3.05, 3.63) is 70.8 Å². The summed E-state index contributed by atoms with van der Waals surface area (Å²) >= 11 is 0. The van der Waals surface area contributed by atoms with Crippen LogP contribution in [-0.4, -0.2) is 32.1 Å². The van der Waals surface area contributed by atoms with Gasteiger partial charge in [-0.25, -0.2) is 11.7 Å². The molecule has 2 amide bonds. The van der Waals surface area contributed by atoms with Gasteiger partial charge in [-0.3, -0.25) is 20.4 Å². The van der Waals surface area contributed by atoms with Gasteiger partial charge in [0.1, 0.15) is 6.10 Å². The van der Waals surface area contributed by atoms with Crippen LogP contribution in [0.15, 0.2) is 48.5 Å². The van der Waals surface area contributed by atoms with Crippen LogP contribution in [-0.2, 0) is 9.47 Å². The fourth-order valence-electron chi connectivity index (χ4n) is 2.42. The molecular weight excluding hydrogens is 336 g/mol. The van der Waals surface area contributed by atoms with Crippen molar-refractivity contribution >= 4 is 11.8 Å². The number of hydrogen-bond donors (Lipinski definition) is 4. The lowest BCUT2D eigenvalue weighted by molar-refractivity contribution is 0.0356. The van der Waals surface area contributed by atoms with Crippen LogP contribution in [0.3, 0.4) is 0 Å². The van der Waals surface area contributed by atoms with E-state index in [1.807, 2.05) is 0 Å². The normalized spacial score (nSPS) is 10.6. The van der Waals surface area contributed by atoms with E-state index in [4.69, 9.17) is 21.2 Å². The first-order chi connectivity index (χ1) is 12.6. The van der Waals surface area contributed by atoms with E-state index in [9.17, 15) is 9.59 Å². The Balaban J connectivity index is 2.27. The molecule has 0 atom stereocenters. The van der Waals surface area contributed by atoms with Gasteiger partial charge in [-0.05, 0) is 35.4 Å². The summed E-state index contributed by atoms with van der Waals surface area (Å²) in [6.45, 7) is 0.828. The number of nitrogens with one attached hydrogen (secondary N) is 2. The fraction of sp³-hybridized carbons (Fsp3) is 0.222. The topological polar surface area (TPSA) is 129 Å². The Bertz CT molecular complexity index is 672. The molecule has 138 valence electrons. The predicted octanol–water partition coefficient (Wildman–Crippen LogP) is 0.646. The molecule has 0 unspecified atom stereocenters. The Kier molecular flexibility index (Phi) is 7.24. The summed E-state index contributed by atoms with van der Waals surface area (Å²) in [5.74, 6) is 9.55. The molecular formula is C18H22N4O4. The Hall–Kier alpha value is -2.78. The van der Waals surface area contributed by atoms with E-state index in [0.717, 1.165) is 11.1 Å². The summed E-state index contributed by atoms with van der Waals surface area (Å²) in [6, 6.07) is 13.8. The van der Waals surface area contributed by atoms with E-state index in [-0.39, 0.29) is 17.9 Å². The number of ether oxygens (including phenoxy) is 2. The molecule has 26 heavy (non-hydrogen) atoms. The number of amides is 2. The van der Waals surface area contributed by atoms with Crippen molar-refractivity contribution in [2.75, 3.05) is 20.3 Å². The van der Waals surface area contributed by atoms with Crippen molar-refractivity contribution in [3.8, 4) is 0 Å². The van der Waals surface area contributed by atoms with Gasteiger partial charge in [0.25, 0.3) is 11.8 Å². The minimum atomic E-state index is -0.380. The van der Waals surface area contributed by atoms with E-state index in [0.29, 0.717) is 24.3 Å². The van der Waals surface area contributed by atoms with Crippen molar-refractivity contribution in [3.63, 3.8) is 0 Å². The maximum Gasteiger partial charge on any atom is 0.265 e. The van der Waals surface area contributed by atoms with Gasteiger partial charge < -0.3 is 9.47 Å². The van der Waals surface area contributed by atoms with Crippen LogP contribution in [0.5, 0.6) is 0 Å². The Morgan fingerprint density at radius 3 is 1.62 bits per heavy atom. The van der Waals surface area contributed by atoms with Crippen molar-refractivity contribution < 1.29 is 19.1 Å². The largest absolute Gasteiger partial charge is 0.382 e. The first-order valence-electron chi connectivity index (χ1n) is 7.93. The summed E-state index contributed by atoms with van der Waals surface area (Å²) in [4.78, 5) is 23.1. The summed E-state index contributed by atoms with van der Waals surface area (Å²) < 4.78 is 11.0. The summed E-state index contributed by atoms with van der Waals surface area (Å²) in [6.07, 6.45) is -0.380. The van der Waals surface area contributed by atoms with Gasteiger partial charge in [0, 0.05) is 18.2 Å². The van der Waals surface area contributed by atoms with Crippen LogP contribution in [0.1, 0.15) is 37.9 Å². The number of benzene rings is 2. The average Bonchev–Trinajstić information content (AvgIpc) is 2.70. The number of carbonyl (C=O) groups is 2. The highest BCUT2D eigenvalue weighted by atomic mass is 16.5. The molecule has 2 aromatic carbocycles.